The summed E-state index contributed by atoms with van der Waals surface area (Å²) in [4.78, 5) is 16.1. The van der Waals surface area contributed by atoms with Gasteiger partial charge in [-0.1, -0.05) is 13.0 Å². The van der Waals surface area contributed by atoms with Crippen molar-refractivity contribution in [1.82, 2.24) is 9.55 Å². The van der Waals surface area contributed by atoms with Gasteiger partial charge in [0.1, 0.15) is 11.3 Å². The third kappa shape index (κ3) is 1.56. The number of hydrogen-bond donors (Lipinski definition) is 1. The first kappa shape index (κ1) is 10.7. The molecule has 0 atom stereocenters. The van der Waals surface area contributed by atoms with Crippen LogP contribution in [0.2, 0.25) is 0 Å². The van der Waals surface area contributed by atoms with Gasteiger partial charge in [0.25, 0.3) is 5.56 Å². The summed E-state index contributed by atoms with van der Waals surface area (Å²) in [6.07, 6.45) is 2.37. The molecule has 1 N–H and O–H groups in total. The van der Waals surface area contributed by atoms with Gasteiger partial charge in [-0.2, -0.15) is 0 Å². The summed E-state index contributed by atoms with van der Waals surface area (Å²) in [5.74, 6) is 0.0956. The molecule has 1 aromatic heterocycles. The van der Waals surface area contributed by atoms with Crippen LogP contribution < -0.4 is 5.56 Å². The summed E-state index contributed by atoms with van der Waals surface area (Å²) in [7, 11) is 0. The van der Waals surface area contributed by atoms with Crippen molar-refractivity contribution in [2.75, 3.05) is 0 Å². The Morgan fingerprint density at radius 3 is 2.88 bits per heavy atom. The molecule has 2 rings (SSSR count). The Bertz CT molecular complexity index is 587. The second-order valence-electron chi connectivity index (χ2n) is 3.87. The Balaban J connectivity index is 2.77. The molecule has 0 saturated carbocycles. The molecule has 16 heavy (non-hydrogen) atoms. The molecule has 1 heterocycles. The minimum absolute atomic E-state index is 0.0952. The molecule has 2 aromatic rings. The van der Waals surface area contributed by atoms with E-state index >= 15 is 0 Å². The first-order valence-corrected chi connectivity index (χ1v) is 5.33. The quantitative estimate of drug-likeness (QED) is 0.836. The highest BCUT2D eigenvalue weighted by Crippen LogP contribution is 2.23. The molecule has 0 aliphatic rings. The molecule has 0 aliphatic carbocycles. The van der Waals surface area contributed by atoms with E-state index in [9.17, 15) is 9.90 Å². The van der Waals surface area contributed by atoms with Crippen LogP contribution in [0.1, 0.15) is 18.9 Å². The third-order valence-corrected chi connectivity index (χ3v) is 2.63. The zero-order chi connectivity index (χ0) is 11.7. The topological polar surface area (TPSA) is 55.1 Å². The molecular formula is C12H14N2O2. The summed E-state index contributed by atoms with van der Waals surface area (Å²) in [5.41, 5.74) is 1.02. The fraction of sp³-hybridized carbons (Fsp3) is 0.333. The molecule has 0 amide bonds. The van der Waals surface area contributed by atoms with E-state index in [4.69, 9.17) is 0 Å². The van der Waals surface area contributed by atoms with Gasteiger partial charge in [0.15, 0.2) is 0 Å². The summed E-state index contributed by atoms with van der Waals surface area (Å²) in [5, 5.41) is 10.3. The number of aryl methyl sites for hydroxylation is 2. The Kier molecular flexibility index (Phi) is 2.64. The van der Waals surface area contributed by atoms with Crippen LogP contribution in [0, 0.1) is 6.92 Å². The zero-order valence-electron chi connectivity index (χ0n) is 9.40. The first-order chi connectivity index (χ1) is 7.65. The summed E-state index contributed by atoms with van der Waals surface area (Å²) in [6, 6.07) is 3.45. The minimum atomic E-state index is -0.0952. The van der Waals surface area contributed by atoms with E-state index < -0.39 is 0 Å². The lowest BCUT2D eigenvalue weighted by Crippen LogP contribution is -2.20. The van der Waals surface area contributed by atoms with E-state index in [1.54, 1.807) is 23.6 Å². The van der Waals surface area contributed by atoms with Gasteiger partial charge in [-0.15, -0.1) is 0 Å². The summed E-state index contributed by atoms with van der Waals surface area (Å²) in [6.45, 7) is 4.44. The van der Waals surface area contributed by atoms with Crippen LogP contribution in [0.3, 0.4) is 0 Å². The number of fused-ring (bicyclic) bond motifs is 1. The van der Waals surface area contributed by atoms with Gasteiger partial charge in [0, 0.05) is 6.54 Å². The van der Waals surface area contributed by atoms with Crippen molar-refractivity contribution in [3.63, 3.8) is 0 Å². The van der Waals surface area contributed by atoms with Crippen LogP contribution in [0.4, 0.5) is 0 Å². The number of nitrogens with zero attached hydrogens (tertiary/aromatic N) is 2. The number of benzene rings is 1. The third-order valence-electron chi connectivity index (χ3n) is 2.63. The van der Waals surface area contributed by atoms with E-state index in [-0.39, 0.29) is 11.3 Å². The van der Waals surface area contributed by atoms with Crippen LogP contribution in [-0.2, 0) is 6.54 Å². The van der Waals surface area contributed by atoms with Gasteiger partial charge >= 0.3 is 0 Å². The number of rotatable bonds is 2. The molecule has 4 nitrogen and oxygen atoms in total. The molecule has 0 aliphatic heterocycles. The Morgan fingerprint density at radius 1 is 1.44 bits per heavy atom. The molecule has 0 fully saturated rings. The smallest absolute Gasteiger partial charge is 0.261 e. The van der Waals surface area contributed by atoms with Crippen LogP contribution >= 0.6 is 0 Å². The Morgan fingerprint density at radius 2 is 2.19 bits per heavy atom. The van der Waals surface area contributed by atoms with Crippen LogP contribution in [0.5, 0.6) is 5.75 Å². The first-order valence-electron chi connectivity index (χ1n) is 5.33. The van der Waals surface area contributed by atoms with E-state index in [0.29, 0.717) is 17.4 Å². The van der Waals surface area contributed by atoms with Gasteiger partial charge in [-0.3, -0.25) is 9.36 Å². The highest BCUT2D eigenvalue weighted by molar-refractivity contribution is 5.84. The molecule has 0 bridgehead atoms. The predicted molar refractivity (Wildman–Crippen MR) is 62.7 cm³/mol. The van der Waals surface area contributed by atoms with Crippen molar-refractivity contribution in [2.24, 2.45) is 0 Å². The SMILES string of the molecule is CCCn1cnc2c(O)c(C)ccc2c1=O. The van der Waals surface area contributed by atoms with Gasteiger partial charge in [0.05, 0.1) is 11.7 Å². The Labute approximate surface area is 93.2 Å². The standard InChI is InChI=1S/C12H14N2O2/c1-3-6-14-7-13-10-9(12(14)16)5-4-8(2)11(10)15/h4-5,7,15H,3,6H2,1-2H3. The number of hydrogen-bond acceptors (Lipinski definition) is 3. The highest BCUT2D eigenvalue weighted by Gasteiger charge is 2.08. The largest absolute Gasteiger partial charge is 0.505 e. The summed E-state index contributed by atoms with van der Waals surface area (Å²) < 4.78 is 1.57. The van der Waals surface area contributed by atoms with Crippen molar-refractivity contribution >= 4 is 10.9 Å². The monoisotopic (exact) mass is 218 g/mol. The highest BCUT2D eigenvalue weighted by atomic mass is 16.3. The zero-order valence-corrected chi connectivity index (χ0v) is 9.40. The van der Waals surface area contributed by atoms with E-state index in [1.807, 2.05) is 6.92 Å². The number of phenols is 1. The maximum Gasteiger partial charge on any atom is 0.261 e. The van der Waals surface area contributed by atoms with Gasteiger partial charge < -0.3 is 5.11 Å². The average Bonchev–Trinajstić information content (AvgIpc) is 2.28. The molecular weight excluding hydrogens is 204 g/mol. The van der Waals surface area contributed by atoms with Crippen LogP contribution in [-0.4, -0.2) is 14.7 Å². The maximum atomic E-state index is 12.0. The molecule has 0 radical (unpaired) electrons. The van der Waals surface area contributed by atoms with Crippen molar-refractivity contribution in [2.45, 2.75) is 26.8 Å². The van der Waals surface area contributed by atoms with E-state index in [1.165, 1.54) is 6.33 Å². The number of aromatic hydroxyl groups is 1. The molecule has 4 heteroatoms. The van der Waals surface area contributed by atoms with Crippen LogP contribution in [0.15, 0.2) is 23.3 Å². The van der Waals surface area contributed by atoms with Crippen molar-refractivity contribution in [3.05, 3.63) is 34.4 Å². The number of phenolic OH excluding ortho intramolecular Hbond substituents is 1. The fourth-order valence-corrected chi connectivity index (χ4v) is 1.72. The van der Waals surface area contributed by atoms with Crippen LogP contribution in [0.25, 0.3) is 10.9 Å². The summed E-state index contributed by atoms with van der Waals surface area (Å²) >= 11 is 0. The van der Waals surface area contributed by atoms with Gasteiger partial charge in [0.2, 0.25) is 0 Å². The average molecular weight is 218 g/mol. The van der Waals surface area contributed by atoms with Gasteiger partial charge in [-0.05, 0) is 25.0 Å². The van der Waals surface area contributed by atoms with E-state index in [2.05, 4.69) is 4.98 Å². The minimum Gasteiger partial charge on any atom is -0.505 e. The molecule has 1 aromatic carbocycles. The maximum absolute atomic E-state index is 12.0. The molecule has 84 valence electrons. The molecule has 0 unspecified atom stereocenters. The lowest BCUT2D eigenvalue weighted by atomic mass is 10.1. The lowest BCUT2D eigenvalue weighted by molar-refractivity contribution is 0.475. The molecule has 0 saturated heterocycles. The lowest BCUT2D eigenvalue weighted by Gasteiger charge is -2.06. The Hall–Kier alpha value is -1.84. The van der Waals surface area contributed by atoms with Gasteiger partial charge in [-0.25, -0.2) is 4.98 Å². The second kappa shape index (κ2) is 3.96. The van der Waals surface area contributed by atoms with Crippen molar-refractivity contribution in [1.29, 1.82) is 0 Å². The predicted octanol–water partition coefficient (Wildman–Crippen LogP) is 1.82. The number of aromatic nitrogens is 2. The van der Waals surface area contributed by atoms with E-state index in [0.717, 1.165) is 12.0 Å². The van der Waals surface area contributed by atoms with Crippen molar-refractivity contribution < 1.29 is 5.11 Å². The van der Waals surface area contributed by atoms with Crippen molar-refractivity contribution in [3.8, 4) is 5.75 Å². The fourth-order valence-electron chi connectivity index (χ4n) is 1.72. The second-order valence-corrected chi connectivity index (χ2v) is 3.87. The molecule has 0 spiro atoms. The normalized spacial score (nSPS) is 10.9.